The fourth-order valence-electron chi connectivity index (χ4n) is 2.32. The van der Waals surface area contributed by atoms with Crippen LogP contribution in [0.2, 0.25) is 0 Å². The van der Waals surface area contributed by atoms with Gasteiger partial charge in [-0.2, -0.15) is 5.10 Å². The number of hydrogen-bond donors (Lipinski definition) is 1. The molecule has 112 valence electrons. The van der Waals surface area contributed by atoms with Gasteiger partial charge in [0.05, 0.1) is 17.4 Å². The van der Waals surface area contributed by atoms with Crippen molar-refractivity contribution in [2.75, 3.05) is 5.32 Å². The summed E-state index contributed by atoms with van der Waals surface area (Å²) in [5, 5.41) is 6.94. The summed E-state index contributed by atoms with van der Waals surface area (Å²) in [6, 6.07) is 5.41. The highest BCUT2D eigenvalue weighted by atomic mass is 16.3. The van der Waals surface area contributed by atoms with Crippen LogP contribution in [0.15, 0.2) is 41.2 Å². The second-order valence-corrected chi connectivity index (χ2v) is 5.02. The topological polar surface area (TPSA) is 73.0 Å². The highest BCUT2D eigenvalue weighted by Gasteiger charge is 2.18. The number of anilines is 1. The fourth-order valence-corrected chi connectivity index (χ4v) is 2.32. The Hall–Kier alpha value is -2.89. The van der Waals surface area contributed by atoms with E-state index in [1.807, 2.05) is 26.1 Å². The number of aryl methyl sites for hydroxylation is 2. The average Bonchev–Trinajstić information content (AvgIpc) is 3.09. The Morgan fingerprint density at radius 1 is 1.23 bits per heavy atom. The van der Waals surface area contributed by atoms with Crippen LogP contribution >= 0.6 is 0 Å². The summed E-state index contributed by atoms with van der Waals surface area (Å²) in [6.07, 6.45) is 5.10. The maximum atomic E-state index is 12.4. The molecule has 1 amide bonds. The molecule has 22 heavy (non-hydrogen) atoms. The molecule has 0 bridgehead atoms. The molecule has 0 radical (unpaired) electrons. The Kier molecular flexibility index (Phi) is 3.50. The van der Waals surface area contributed by atoms with Gasteiger partial charge in [-0.3, -0.25) is 4.79 Å². The van der Waals surface area contributed by atoms with E-state index in [0.29, 0.717) is 22.8 Å². The average molecular weight is 296 g/mol. The van der Waals surface area contributed by atoms with E-state index in [9.17, 15) is 4.79 Å². The summed E-state index contributed by atoms with van der Waals surface area (Å²) >= 11 is 0. The van der Waals surface area contributed by atoms with E-state index in [0.717, 1.165) is 11.3 Å². The van der Waals surface area contributed by atoms with Gasteiger partial charge < -0.3 is 9.73 Å². The molecule has 0 aliphatic rings. The molecule has 0 aliphatic carbocycles. The molecule has 0 aliphatic heterocycles. The third-order valence-electron chi connectivity index (χ3n) is 3.53. The third kappa shape index (κ3) is 2.50. The van der Waals surface area contributed by atoms with Crippen molar-refractivity contribution in [2.45, 2.75) is 20.8 Å². The summed E-state index contributed by atoms with van der Waals surface area (Å²) in [6.45, 7) is 5.51. The standard InChI is InChI=1S/C16H16N4O2/c1-10-11(2)22-12(3)15(10)16(21)19-13-5-6-14(17-9-13)20-8-4-7-18-20/h4-9H,1-3H3,(H,19,21). The molecular weight excluding hydrogens is 280 g/mol. The molecule has 0 fully saturated rings. The largest absolute Gasteiger partial charge is 0.466 e. The zero-order chi connectivity index (χ0) is 15.7. The van der Waals surface area contributed by atoms with Crippen LogP contribution < -0.4 is 5.32 Å². The lowest BCUT2D eigenvalue weighted by atomic mass is 10.1. The first-order chi connectivity index (χ1) is 10.6. The van der Waals surface area contributed by atoms with Crippen molar-refractivity contribution in [3.63, 3.8) is 0 Å². The highest BCUT2D eigenvalue weighted by Crippen LogP contribution is 2.22. The Bertz CT molecular complexity index is 802. The predicted molar refractivity (Wildman–Crippen MR) is 82.2 cm³/mol. The van der Waals surface area contributed by atoms with Crippen molar-refractivity contribution in [1.29, 1.82) is 0 Å². The molecule has 6 nitrogen and oxygen atoms in total. The van der Waals surface area contributed by atoms with Crippen LogP contribution in [0.3, 0.4) is 0 Å². The van der Waals surface area contributed by atoms with Crippen LogP contribution in [0, 0.1) is 20.8 Å². The first-order valence-corrected chi connectivity index (χ1v) is 6.90. The molecule has 3 aromatic heterocycles. The second kappa shape index (κ2) is 5.48. The van der Waals surface area contributed by atoms with Crippen molar-refractivity contribution in [3.05, 3.63) is 59.4 Å². The number of nitrogens with one attached hydrogen (secondary N) is 1. The van der Waals surface area contributed by atoms with E-state index >= 15 is 0 Å². The molecular formula is C16H16N4O2. The van der Waals surface area contributed by atoms with E-state index in [-0.39, 0.29) is 5.91 Å². The van der Waals surface area contributed by atoms with Gasteiger partial charge in [-0.1, -0.05) is 0 Å². The normalized spacial score (nSPS) is 10.7. The lowest BCUT2D eigenvalue weighted by Crippen LogP contribution is -2.14. The van der Waals surface area contributed by atoms with Crippen molar-refractivity contribution in [1.82, 2.24) is 14.8 Å². The van der Waals surface area contributed by atoms with E-state index < -0.39 is 0 Å². The summed E-state index contributed by atoms with van der Waals surface area (Å²) < 4.78 is 7.14. The van der Waals surface area contributed by atoms with E-state index in [2.05, 4.69) is 15.4 Å². The minimum atomic E-state index is -0.194. The maximum absolute atomic E-state index is 12.4. The van der Waals surface area contributed by atoms with Crippen molar-refractivity contribution >= 4 is 11.6 Å². The quantitative estimate of drug-likeness (QED) is 0.806. The van der Waals surface area contributed by atoms with Crippen LogP contribution in [0.5, 0.6) is 0 Å². The van der Waals surface area contributed by atoms with Gasteiger partial charge in [-0.25, -0.2) is 9.67 Å². The Balaban J connectivity index is 1.80. The van der Waals surface area contributed by atoms with Gasteiger partial charge in [0.1, 0.15) is 11.5 Å². The van der Waals surface area contributed by atoms with Gasteiger partial charge in [-0.05, 0) is 39.0 Å². The molecule has 0 saturated carbocycles. The van der Waals surface area contributed by atoms with Crippen molar-refractivity contribution < 1.29 is 9.21 Å². The maximum Gasteiger partial charge on any atom is 0.259 e. The van der Waals surface area contributed by atoms with Gasteiger partial charge in [0, 0.05) is 18.0 Å². The molecule has 0 aromatic carbocycles. The minimum Gasteiger partial charge on any atom is -0.466 e. The lowest BCUT2D eigenvalue weighted by Gasteiger charge is -2.06. The predicted octanol–water partition coefficient (Wildman–Crippen LogP) is 3.04. The van der Waals surface area contributed by atoms with Gasteiger partial charge in [0.25, 0.3) is 5.91 Å². The molecule has 0 unspecified atom stereocenters. The van der Waals surface area contributed by atoms with Gasteiger partial charge in [-0.15, -0.1) is 0 Å². The number of carbonyl (C=O) groups is 1. The van der Waals surface area contributed by atoms with Crippen molar-refractivity contribution in [3.8, 4) is 5.82 Å². The number of aromatic nitrogens is 3. The molecule has 3 rings (SSSR count). The molecule has 1 N–H and O–H groups in total. The van der Waals surface area contributed by atoms with Crippen LogP contribution in [-0.2, 0) is 0 Å². The number of nitrogens with zero attached hydrogens (tertiary/aromatic N) is 3. The second-order valence-electron chi connectivity index (χ2n) is 5.02. The smallest absolute Gasteiger partial charge is 0.259 e. The van der Waals surface area contributed by atoms with E-state index in [1.165, 1.54) is 0 Å². The Morgan fingerprint density at radius 2 is 2.05 bits per heavy atom. The summed E-state index contributed by atoms with van der Waals surface area (Å²) in [5.41, 5.74) is 2.06. The molecule has 0 saturated heterocycles. The Morgan fingerprint density at radius 3 is 2.59 bits per heavy atom. The highest BCUT2D eigenvalue weighted by molar-refractivity contribution is 6.06. The van der Waals surface area contributed by atoms with Crippen LogP contribution in [0.4, 0.5) is 5.69 Å². The summed E-state index contributed by atoms with van der Waals surface area (Å²) in [4.78, 5) is 16.6. The number of amides is 1. The minimum absolute atomic E-state index is 0.194. The molecule has 3 aromatic rings. The molecule has 0 atom stereocenters. The molecule has 6 heteroatoms. The van der Waals surface area contributed by atoms with Gasteiger partial charge in [0.15, 0.2) is 5.82 Å². The van der Waals surface area contributed by atoms with Gasteiger partial charge in [0.2, 0.25) is 0 Å². The summed E-state index contributed by atoms with van der Waals surface area (Å²) in [7, 11) is 0. The van der Waals surface area contributed by atoms with Gasteiger partial charge >= 0.3 is 0 Å². The third-order valence-corrected chi connectivity index (χ3v) is 3.53. The summed E-state index contributed by atoms with van der Waals surface area (Å²) in [5.74, 6) is 1.87. The number of pyridine rings is 1. The first-order valence-electron chi connectivity index (χ1n) is 6.90. The zero-order valence-corrected chi connectivity index (χ0v) is 12.6. The van der Waals surface area contributed by atoms with Crippen molar-refractivity contribution in [2.24, 2.45) is 0 Å². The molecule has 3 heterocycles. The number of rotatable bonds is 3. The lowest BCUT2D eigenvalue weighted by molar-refractivity contribution is 0.102. The fraction of sp³-hybridized carbons (Fsp3) is 0.188. The van der Waals surface area contributed by atoms with Crippen LogP contribution in [0.1, 0.15) is 27.4 Å². The Labute approximate surface area is 127 Å². The van der Waals surface area contributed by atoms with Crippen LogP contribution in [0.25, 0.3) is 5.82 Å². The SMILES string of the molecule is Cc1oc(C)c(C(=O)Nc2ccc(-n3cccn3)nc2)c1C. The number of hydrogen-bond acceptors (Lipinski definition) is 4. The monoisotopic (exact) mass is 296 g/mol. The number of furan rings is 1. The van der Waals surface area contributed by atoms with Crippen LogP contribution in [-0.4, -0.2) is 20.7 Å². The van der Waals surface area contributed by atoms with E-state index in [4.69, 9.17) is 4.42 Å². The first kappa shape index (κ1) is 14.1. The van der Waals surface area contributed by atoms with E-state index in [1.54, 1.807) is 36.1 Å². The number of carbonyl (C=O) groups excluding carboxylic acids is 1. The zero-order valence-electron chi connectivity index (χ0n) is 12.6. The molecule has 0 spiro atoms.